The van der Waals surface area contributed by atoms with Crippen LogP contribution in [0.5, 0.6) is 0 Å². The van der Waals surface area contributed by atoms with Crippen LogP contribution in [0, 0.1) is 16.2 Å². The van der Waals surface area contributed by atoms with Crippen LogP contribution in [0.15, 0.2) is 18.2 Å². The molecule has 0 saturated heterocycles. The number of benzene rings is 1. The molecule has 2 fully saturated rings. The predicted molar refractivity (Wildman–Crippen MR) is 101 cm³/mol. The molecule has 3 rings (SSSR count). The van der Waals surface area contributed by atoms with E-state index >= 15 is 0 Å². The largest absolute Gasteiger partial charge is 0.465 e. The fourth-order valence-corrected chi connectivity index (χ4v) is 4.78. The Hall–Kier alpha value is -2.70. The average molecular weight is 387 g/mol. The molecule has 2 aliphatic rings. The Balaban J connectivity index is 1.98. The van der Waals surface area contributed by atoms with Crippen LogP contribution in [-0.4, -0.2) is 37.8 Å². The summed E-state index contributed by atoms with van der Waals surface area (Å²) in [4.78, 5) is 49.8. The standard InChI is InChI=1S/C21H25NO6/c1-19(2)20(3)6-7-21(19,11-15(20)23)18(26)22-14-9-12(16(24)27-4)8-13(10-14)17(25)28-5/h8-10H,6-7,11H2,1-5H3,(H,22,26). The molecule has 1 amide bonds. The molecule has 1 N–H and O–H groups in total. The van der Waals surface area contributed by atoms with Crippen molar-refractivity contribution in [2.24, 2.45) is 16.2 Å². The van der Waals surface area contributed by atoms with E-state index in [0.29, 0.717) is 12.8 Å². The van der Waals surface area contributed by atoms with Gasteiger partial charge in [-0.2, -0.15) is 0 Å². The molecule has 7 heteroatoms. The second-order valence-corrected chi connectivity index (χ2v) is 8.38. The lowest BCUT2D eigenvalue weighted by molar-refractivity contribution is -0.131. The van der Waals surface area contributed by atoms with Gasteiger partial charge in [-0.1, -0.05) is 20.8 Å². The Morgan fingerprint density at radius 2 is 1.46 bits per heavy atom. The number of fused-ring (bicyclic) bond motifs is 2. The van der Waals surface area contributed by atoms with E-state index in [1.165, 1.54) is 32.4 Å². The van der Waals surface area contributed by atoms with Gasteiger partial charge in [-0.05, 0) is 36.5 Å². The van der Waals surface area contributed by atoms with E-state index in [-0.39, 0.29) is 34.9 Å². The number of rotatable bonds is 4. The van der Waals surface area contributed by atoms with Crippen LogP contribution in [-0.2, 0) is 19.1 Å². The number of nitrogens with one attached hydrogen (secondary N) is 1. The molecule has 2 aliphatic carbocycles. The van der Waals surface area contributed by atoms with Crippen molar-refractivity contribution < 1.29 is 28.7 Å². The zero-order valence-electron chi connectivity index (χ0n) is 16.8. The van der Waals surface area contributed by atoms with Crippen molar-refractivity contribution in [1.82, 2.24) is 0 Å². The number of ketones is 1. The molecule has 0 aromatic heterocycles. The van der Waals surface area contributed by atoms with Crippen molar-refractivity contribution in [1.29, 1.82) is 0 Å². The minimum atomic E-state index is -0.814. The molecular formula is C21H25NO6. The van der Waals surface area contributed by atoms with Gasteiger partial charge in [-0.15, -0.1) is 0 Å². The molecule has 1 aromatic rings. The maximum Gasteiger partial charge on any atom is 0.337 e. The van der Waals surface area contributed by atoms with E-state index in [1.54, 1.807) is 0 Å². The Morgan fingerprint density at radius 3 is 1.86 bits per heavy atom. The maximum atomic E-state index is 13.3. The summed E-state index contributed by atoms with van der Waals surface area (Å²) in [5.74, 6) is -1.43. The zero-order chi connectivity index (χ0) is 20.9. The summed E-state index contributed by atoms with van der Waals surface area (Å²) >= 11 is 0. The number of esters is 2. The van der Waals surface area contributed by atoms with Crippen molar-refractivity contribution in [3.05, 3.63) is 29.3 Å². The molecule has 28 heavy (non-hydrogen) atoms. The number of amides is 1. The lowest BCUT2D eigenvalue weighted by Gasteiger charge is -2.38. The summed E-state index contributed by atoms with van der Waals surface area (Å²) < 4.78 is 9.45. The minimum Gasteiger partial charge on any atom is -0.465 e. The number of anilines is 1. The fraction of sp³-hybridized carbons (Fsp3) is 0.524. The highest BCUT2D eigenvalue weighted by Crippen LogP contribution is 2.70. The summed E-state index contributed by atoms with van der Waals surface area (Å²) in [6.07, 6.45) is 1.49. The third kappa shape index (κ3) is 2.56. The number of hydrogen-bond acceptors (Lipinski definition) is 6. The Bertz CT molecular complexity index is 855. The Morgan fingerprint density at radius 1 is 0.929 bits per heavy atom. The van der Waals surface area contributed by atoms with Gasteiger partial charge in [0.15, 0.2) is 0 Å². The summed E-state index contributed by atoms with van der Waals surface area (Å²) in [5, 5.41) is 2.83. The van der Waals surface area contributed by atoms with Crippen molar-refractivity contribution in [3.63, 3.8) is 0 Å². The van der Waals surface area contributed by atoms with Gasteiger partial charge < -0.3 is 14.8 Å². The van der Waals surface area contributed by atoms with E-state index < -0.39 is 28.2 Å². The van der Waals surface area contributed by atoms with Crippen LogP contribution < -0.4 is 5.32 Å². The Labute approximate surface area is 163 Å². The van der Waals surface area contributed by atoms with Crippen molar-refractivity contribution in [3.8, 4) is 0 Å². The third-order valence-electron chi connectivity index (χ3n) is 7.17. The smallest absolute Gasteiger partial charge is 0.337 e. The number of hydrogen-bond donors (Lipinski definition) is 1. The van der Waals surface area contributed by atoms with E-state index in [4.69, 9.17) is 9.47 Å². The van der Waals surface area contributed by atoms with Crippen molar-refractivity contribution in [2.75, 3.05) is 19.5 Å². The number of ether oxygens (including phenoxy) is 2. The van der Waals surface area contributed by atoms with Gasteiger partial charge in [-0.3, -0.25) is 9.59 Å². The van der Waals surface area contributed by atoms with Crippen LogP contribution in [0.1, 0.15) is 60.7 Å². The molecule has 0 radical (unpaired) electrons. The number of Topliss-reactive ketones (excluding diaryl/α,β-unsaturated/α-hetero) is 1. The SMILES string of the molecule is COC(=O)c1cc(NC(=O)C23CCC(C)(C(=O)C2)C3(C)C)cc(C(=O)OC)c1. The molecule has 0 spiro atoms. The summed E-state index contributed by atoms with van der Waals surface area (Å²) in [7, 11) is 2.47. The molecule has 2 unspecified atom stereocenters. The van der Waals surface area contributed by atoms with Crippen LogP contribution in [0.3, 0.4) is 0 Å². The first-order valence-corrected chi connectivity index (χ1v) is 9.19. The molecule has 7 nitrogen and oxygen atoms in total. The van der Waals surface area contributed by atoms with Crippen LogP contribution in [0.2, 0.25) is 0 Å². The molecule has 2 saturated carbocycles. The van der Waals surface area contributed by atoms with E-state index in [0.717, 1.165) is 0 Å². The van der Waals surface area contributed by atoms with E-state index in [1.807, 2.05) is 20.8 Å². The normalized spacial score (nSPS) is 27.4. The molecule has 1 aromatic carbocycles. The van der Waals surface area contributed by atoms with Crippen molar-refractivity contribution >= 4 is 29.3 Å². The maximum absolute atomic E-state index is 13.3. The lowest BCUT2D eigenvalue weighted by atomic mass is 9.64. The van der Waals surface area contributed by atoms with Crippen molar-refractivity contribution in [2.45, 2.75) is 40.0 Å². The fourth-order valence-electron chi connectivity index (χ4n) is 4.78. The van der Waals surface area contributed by atoms with Gasteiger partial charge in [0.2, 0.25) is 5.91 Å². The second-order valence-electron chi connectivity index (χ2n) is 8.38. The van der Waals surface area contributed by atoms with Gasteiger partial charge in [0.05, 0.1) is 30.8 Å². The summed E-state index contributed by atoms with van der Waals surface area (Å²) in [6.45, 7) is 5.87. The van der Waals surface area contributed by atoms with Crippen LogP contribution in [0.25, 0.3) is 0 Å². The molecule has 150 valence electrons. The number of carbonyl (C=O) groups excluding carboxylic acids is 4. The van der Waals surface area contributed by atoms with E-state index in [9.17, 15) is 19.2 Å². The summed E-state index contributed by atoms with van der Waals surface area (Å²) in [5.41, 5.74) is -1.30. The first-order chi connectivity index (χ1) is 13.0. The molecule has 0 aliphatic heterocycles. The van der Waals surface area contributed by atoms with Crippen LogP contribution >= 0.6 is 0 Å². The quantitative estimate of drug-likeness (QED) is 0.798. The van der Waals surface area contributed by atoms with Gasteiger partial charge in [0, 0.05) is 17.5 Å². The monoisotopic (exact) mass is 387 g/mol. The highest BCUT2D eigenvalue weighted by atomic mass is 16.5. The zero-order valence-corrected chi connectivity index (χ0v) is 16.8. The molecule has 2 atom stereocenters. The summed E-state index contributed by atoms with van der Waals surface area (Å²) in [6, 6.07) is 4.25. The Kier molecular flexibility index (Phi) is 4.60. The van der Waals surface area contributed by atoms with E-state index in [2.05, 4.69) is 5.32 Å². The highest BCUT2D eigenvalue weighted by Gasteiger charge is 2.72. The average Bonchev–Trinajstić information content (AvgIpc) is 2.96. The molecule has 2 bridgehead atoms. The first kappa shape index (κ1) is 20.0. The second kappa shape index (κ2) is 6.43. The number of methoxy groups -OCH3 is 2. The van der Waals surface area contributed by atoms with Gasteiger partial charge in [0.1, 0.15) is 5.78 Å². The highest BCUT2D eigenvalue weighted by molar-refractivity contribution is 6.06. The number of carbonyl (C=O) groups is 4. The first-order valence-electron chi connectivity index (χ1n) is 9.19. The molecule has 0 heterocycles. The van der Waals surface area contributed by atoms with Gasteiger partial charge in [-0.25, -0.2) is 9.59 Å². The molecular weight excluding hydrogens is 362 g/mol. The lowest BCUT2D eigenvalue weighted by Crippen LogP contribution is -2.43. The van der Waals surface area contributed by atoms with Gasteiger partial charge >= 0.3 is 11.9 Å². The third-order valence-corrected chi connectivity index (χ3v) is 7.17. The predicted octanol–water partition coefficient (Wildman–Crippen LogP) is 2.98. The van der Waals surface area contributed by atoms with Crippen LogP contribution in [0.4, 0.5) is 5.69 Å². The topological polar surface area (TPSA) is 98.8 Å². The minimum absolute atomic E-state index is 0.109. The van der Waals surface area contributed by atoms with Gasteiger partial charge in [0.25, 0.3) is 0 Å².